The molecule has 1 fully saturated rings. The molecular formula is C15H17ClN2O5S2. The Bertz CT molecular complexity index is 853. The molecule has 0 N–H and O–H groups in total. The van der Waals surface area contributed by atoms with Crippen LogP contribution in [0.5, 0.6) is 0 Å². The minimum Gasteiger partial charge on any atom is -0.467 e. The first-order chi connectivity index (χ1) is 11.9. The van der Waals surface area contributed by atoms with Crippen LogP contribution in [0.25, 0.3) is 0 Å². The van der Waals surface area contributed by atoms with Gasteiger partial charge in [0.2, 0.25) is 0 Å². The third-order valence-corrected chi connectivity index (χ3v) is 7.59. The standard InChI is InChI=1S/C15H17ClN2O5S2/c1-22-15(19)11-4-9-23-12(11)10-17-5-7-18(8-6-17)25(20,21)14-3-2-13(16)24-14/h2-4,9H,5-8,10H2,1H3. The fourth-order valence-corrected chi connectivity index (χ4v) is 5.71. The molecule has 0 amide bonds. The number of furan rings is 1. The summed E-state index contributed by atoms with van der Waals surface area (Å²) in [6.07, 6.45) is 1.45. The molecule has 0 aromatic carbocycles. The Kier molecular flexibility index (Phi) is 5.49. The summed E-state index contributed by atoms with van der Waals surface area (Å²) in [5, 5.41) is 0. The molecule has 0 spiro atoms. The first-order valence-electron chi connectivity index (χ1n) is 7.54. The summed E-state index contributed by atoms with van der Waals surface area (Å²) in [5.41, 5.74) is 0.394. The molecule has 0 bridgehead atoms. The molecule has 7 nitrogen and oxygen atoms in total. The molecule has 1 aliphatic rings. The smallest absolute Gasteiger partial charge is 0.341 e. The fourth-order valence-electron chi connectivity index (χ4n) is 2.65. The van der Waals surface area contributed by atoms with Crippen molar-refractivity contribution in [1.29, 1.82) is 0 Å². The van der Waals surface area contributed by atoms with Crippen molar-refractivity contribution in [2.45, 2.75) is 10.8 Å². The normalized spacial score (nSPS) is 16.9. The van der Waals surface area contributed by atoms with Crippen molar-refractivity contribution >= 4 is 38.9 Å². The van der Waals surface area contributed by atoms with E-state index in [1.54, 1.807) is 12.1 Å². The van der Waals surface area contributed by atoms with Crippen LogP contribution in [-0.4, -0.2) is 56.9 Å². The van der Waals surface area contributed by atoms with E-state index in [0.29, 0.717) is 48.4 Å². The molecule has 10 heteroatoms. The van der Waals surface area contributed by atoms with Gasteiger partial charge in [-0.1, -0.05) is 11.6 Å². The lowest BCUT2D eigenvalue weighted by Crippen LogP contribution is -2.48. The molecule has 0 atom stereocenters. The van der Waals surface area contributed by atoms with Gasteiger partial charge in [-0.05, 0) is 18.2 Å². The molecule has 2 aromatic rings. The maximum Gasteiger partial charge on any atom is 0.341 e. The number of ether oxygens (including phenoxy) is 1. The van der Waals surface area contributed by atoms with Gasteiger partial charge < -0.3 is 9.15 Å². The summed E-state index contributed by atoms with van der Waals surface area (Å²) in [7, 11) is -2.19. The van der Waals surface area contributed by atoms with Crippen LogP contribution in [0.4, 0.5) is 0 Å². The highest BCUT2D eigenvalue weighted by molar-refractivity contribution is 7.91. The molecule has 1 aliphatic heterocycles. The topological polar surface area (TPSA) is 80.1 Å². The lowest BCUT2D eigenvalue weighted by atomic mass is 10.2. The van der Waals surface area contributed by atoms with Crippen LogP contribution >= 0.6 is 22.9 Å². The zero-order valence-electron chi connectivity index (χ0n) is 13.5. The van der Waals surface area contributed by atoms with Gasteiger partial charge in [0.15, 0.2) is 0 Å². The van der Waals surface area contributed by atoms with Crippen molar-refractivity contribution in [3.8, 4) is 0 Å². The molecule has 0 unspecified atom stereocenters. The Balaban J connectivity index is 1.63. The molecule has 3 heterocycles. The minimum atomic E-state index is -3.51. The summed E-state index contributed by atoms with van der Waals surface area (Å²) in [5.74, 6) is 0.0766. The van der Waals surface area contributed by atoms with Crippen LogP contribution in [0.1, 0.15) is 16.1 Å². The zero-order chi connectivity index (χ0) is 18.0. The Labute approximate surface area is 154 Å². The van der Waals surface area contributed by atoms with Crippen molar-refractivity contribution in [2.24, 2.45) is 0 Å². The molecule has 0 aliphatic carbocycles. The molecule has 3 rings (SSSR count). The van der Waals surface area contributed by atoms with Crippen molar-refractivity contribution in [3.63, 3.8) is 0 Å². The fraction of sp³-hybridized carbons (Fsp3) is 0.400. The zero-order valence-corrected chi connectivity index (χ0v) is 15.9. The average molecular weight is 405 g/mol. The Morgan fingerprint density at radius 1 is 1.28 bits per heavy atom. The average Bonchev–Trinajstić information content (AvgIpc) is 3.24. The van der Waals surface area contributed by atoms with E-state index in [0.717, 1.165) is 11.3 Å². The molecule has 0 saturated carbocycles. The van der Waals surface area contributed by atoms with Crippen LogP contribution < -0.4 is 0 Å². The third-order valence-electron chi connectivity index (χ3n) is 3.99. The number of esters is 1. The SMILES string of the molecule is COC(=O)c1ccoc1CN1CCN(S(=O)(=O)c2ccc(Cl)s2)CC1. The van der Waals surface area contributed by atoms with E-state index >= 15 is 0 Å². The molecule has 1 saturated heterocycles. The van der Waals surface area contributed by atoms with Gasteiger partial charge in [0.25, 0.3) is 10.0 Å². The van der Waals surface area contributed by atoms with E-state index in [-0.39, 0.29) is 4.21 Å². The predicted octanol–water partition coefficient (Wildman–Crippen LogP) is 2.29. The molecule has 2 aromatic heterocycles. The van der Waals surface area contributed by atoms with E-state index in [1.807, 2.05) is 4.90 Å². The minimum absolute atomic E-state index is 0.255. The Morgan fingerprint density at radius 2 is 2.00 bits per heavy atom. The summed E-state index contributed by atoms with van der Waals surface area (Å²) in [4.78, 5) is 13.7. The van der Waals surface area contributed by atoms with Gasteiger partial charge in [0, 0.05) is 26.2 Å². The van der Waals surface area contributed by atoms with Gasteiger partial charge >= 0.3 is 5.97 Å². The summed E-state index contributed by atoms with van der Waals surface area (Å²) < 4.78 is 37.4. The molecule has 0 radical (unpaired) electrons. The second-order valence-electron chi connectivity index (χ2n) is 5.49. The number of piperazine rings is 1. The number of halogens is 1. The van der Waals surface area contributed by atoms with Crippen LogP contribution in [0, 0.1) is 0 Å². The van der Waals surface area contributed by atoms with E-state index in [4.69, 9.17) is 20.8 Å². The lowest BCUT2D eigenvalue weighted by molar-refractivity contribution is 0.0595. The number of carbonyl (C=O) groups excluding carboxylic acids is 1. The number of thiophene rings is 1. The number of methoxy groups -OCH3 is 1. The summed E-state index contributed by atoms with van der Waals surface area (Å²) in [6, 6.07) is 4.68. The Morgan fingerprint density at radius 3 is 2.60 bits per heavy atom. The number of sulfonamides is 1. The summed E-state index contributed by atoms with van der Waals surface area (Å²) in [6.45, 7) is 2.24. The van der Waals surface area contributed by atoms with Gasteiger partial charge in [-0.2, -0.15) is 4.31 Å². The second-order valence-corrected chi connectivity index (χ2v) is 9.37. The van der Waals surface area contributed by atoms with Crippen LogP contribution in [0.15, 0.2) is 33.1 Å². The lowest BCUT2D eigenvalue weighted by Gasteiger charge is -2.33. The van der Waals surface area contributed by atoms with Crippen molar-refractivity contribution in [1.82, 2.24) is 9.21 Å². The van der Waals surface area contributed by atoms with Crippen LogP contribution in [0.3, 0.4) is 0 Å². The number of rotatable bonds is 5. The number of hydrogen-bond acceptors (Lipinski definition) is 7. The first-order valence-corrected chi connectivity index (χ1v) is 10.2. The van der Waals surface area contributed by atoms with Crippen molar-refractivity contribution in [2.75, 3.05) is 33.3 Å². The number of carbonyl (C=O) groups is 1. The van der Waals surface area contributed by atoms with Gasteiger partial charge in [-0.15, -0.1) is 11.3 Å². The highest BCUT2D eigenvalue weighted by Crippen LogP contribution is 2.28. The van der Waals surface area contributed by atoms with Crippen LogP contribution in [-0.2, 0) is 21.3 Å². The molecule has 136 valence electrons. The van der Waals surface area contributed by atoms with E-state index < -0.39 is 16.0 Å². The molecule has 25 heavy (non-hydrogen) atoms. The number of hydrogen-bond donors (Lipinski definition) is 0. The van der Waals surface area contributed by atoms with Crippen molar-refractivity contribution < 1.29 is 22.4 Å². The van der Waals surface area contributed by atoms with E-state index in [1.165, 1.54) is 23.7 Å². The van der Waals surface area contributed by atoms with E-state index in [9.17, 15) is 13.2 Å². The van der Waals surface area contributed by atoms with Gasteiger partial charge in [-0.25, -0.2) is 13.2 Å². The highest BCUT2D eigenvalue weighted by atomic mass is 35.5. The third kappa shape index (κ3) is 3.90. The summed E-state index contributed by atoms with van der Waals surface area (Å²) >= 11 is 6.90. The van der Waals surface area contributed by atoms with Crippen molar-refractivity contribution in [3.05, 3.63) is 40.1 Å². The van der Waals surface area contributed by atoms with E-state index in [2.05, 4.69) is 0 Å². The molecular weight excluding hydrogens is 388 g/mol. The van der Waals surface area contributed by atoms with Gasteiger partial charge in [0.1, 0.15) is 15.5 Å². The largest absolute Gasteiger partial charge is 0.467 e. The Hall–Kier alpha value is -1.39. The monoisotopic (exact) mass is 404 g/mol. The quantitative estimate of drug-likeness (QED) is 0.711. The predicted molar refractivity (Wildman–Crippen MR) is 93.4 cm³/mol. The maximum atomic E-state index is 12.6. The van der Waals surface area contributed by atoms with Crippen LogP contribution in [0.2, 0.25) is 4.34 Å². The van der Waals surface area contributed by atoms with Gasteiger partial charge in [0.05, 0.1) is 24.3 Å². The second kappa shape index (κ2) is 7.46. The van der Waals surface area contributed by atoms with Gasteiger partial charge in [-0.3, -0.25) is 4.90 Å². The number of nitrogens with zero attached hydrogens (tertiary/aromatic N) is 2. The highest BCUT2D eigenvalue weighted by Gasteiger charge is 2.30. The first kappa shape index (κ1) is 18.4. The maximum absolute atomic E-state index is 12.6.